The number of amides is 2. The number of nitrogens with one attached hydrogen (secondary N) is 2. The van der Waals surface area contributed by atoms with Crippen molar-refractivity contribution in [1.29, 1.82) is 0 Å². The molecule has 3 aromatic carbocycles. The van der Waals surface area contributed by atoms with Gasteiger partial charge in [-0.05, 0) is 73.2 Å². The van der Waals surface area contributed by atoms with E-state index in [9.17, 15) is 14.4 Å². The van der Waals surface area contributed by atoms with Crippen molar-refractivity contribution in [2.24, 2.45) is 0 Å². The van der Waals surface area contributed by atoms with E-state index in [1.165, 1.54) is 13.2 Å². The number of esters is 1. The van der Waals surface area contributed by atoms with Crippen molar-refractivity contribution in [3.05, 3.63) is 89.8 Å². The third-order valence-electron chi connectivity index (χ3n) is 10.8. The maximum atomic E-state index is 16.7. The SMILES string of the molecule is C=CCNC(=O)Cn1c(-c2ccc(OCc3cc(N4CCCC4=O)ccc3N3CCNCC3)cc2F)c(C2CCCCC2)c2ccc(C(=O)OC)cc21. The van der Waals surface area contributed by atoms with Gasteiger partial charge >= 0.3 is 5.97 Å². The molecule has 2 aliphatic heterocycles. The topological polar surface area (TPSA) is 105 Å². The van der Waals surface area contributed by atoms with E-state index in [0.717, 1.165) is 92.6 Å². The summed E-state index contributed by atoms with van der Waals surface area (Å²) in [4.78, 5) is 42.7. The lowest BCUT2D eigenvalue weighted by Gasteiger charge is -2.32. The highest BCUT2D eigenvalue weighted by molar-refractivity contribution is 5.99. The molecule has 1 aliphatic carbocycles. The minimum Gasteiger partial charge on any atom is -0.489 e. The Bertz CT molecular complexity index is 2010. The van der Waals surface area contributed by atoms with Gasteiger partial charge in [0.05, 0.1) is 23.9 Å². The number of hydrogen-bond acceptors (Lipinski definition) is 7. The smallest absolute Gasteiger partial charge is 0.337 e. The zero-order valence-corrected chi connectivity index (χ0v) is 30.4. The molecule has 2 amide bonds. The minimum absolute atomic E-state index is 0.0701. The molecule has 278 valence electrons. The molecule has 0 bridgehead atoms. The maximum Gasteiger partial charge on any atom is 0.337 e. The number of anilines is 2. The van der Waals surface area contributed by atoms with Crippen molar-refractivity contribution >= 4 is 40.1 Å². The highest BCUT2D eigenvalue weighted by Gasteiger charge is 2.30. The molecular weight excluding hydrogens is 673 g/mol. The summed E-state index contributed by atoms with van der Waals surface area (Å²) < 4.78 is 29.9. The van der Waals surface area contributed by atoms with Crippen molar-refractivity contribution in [3.63, 3.8) is 0 Å². The molecule has 0 unspecified atom stereocenters. The lowest BCUT2D eigenvalue weighted by molar-refractivity contribution is -0.121. The highest BCUT2D eigenvalue weighted by Crippen LogP contribution is 2.45. The van der Waals surface area contributed by atoms with E-state index in [-0.39, 0.29) is 30.9 Å². The van der Waals surface area contributed by atoms with E-state index in [1.54, 1.807) is 30.3 Å². The summed E-state index contributed by atoms with van der Waals surface area (Å²) in [6.07, 6.45) is 8.18. The molecule has 0 radical (unpaired) electrons. The van der Waals surface area contributed by atoms with Gasteiger partial charge in [0.2, 0.25) is 11.8 Å². The van der Waals surface area contributed by atoms with E-state index in [0.29, 0.717) is 47.6 Å². The zero-order chi connectivity index (χ0) is 36.9. The molecule has 11 heteroatoms. The number of ether oxygens (including phenoxy) is 2. The van der Waals surface area contributed by atoms with E-state index in [2.05, 4.69) is 28.2 Å². The van der Waals surface area contributed by atoms with E-state index in [1.807, 2.05) is 27.7 Å². The van der Waals surface area contributed by atoms with Gasteiger partial charge in [0.1, 0.15) is 24.7 Å². The molecule has 4 aromatic rings. The second-order valence-corrected chi connectivity index (χ2v) is 14.1. The number of hydrogen-bond donors (Lipinski definition) is 2. The van der Waals surface area contributed by atoms with Crippen LogP contribution >= 0.6 is 0 Å². The highest BCUT2D eigenvalue weighted by atomic mass is 19.1. The lowest BCUT2D eigenvalue weighted by Crippen LogP contribution is -2.44. The van der Waals surface area contributed by atoms with Crippen LogP contribution in [-0.2, 0) is 27.5 Å². The van der Waals surface area contributed by atoms with Crippen LogP contribution in [-0.4, -0.2) is 68.7 Å². The van der Waals surface area contributed by atoms with Gasteiger partial charge in [-0.25, -0.2) is 9.18 Å². The number of aromatic nitrogens is 1. The van der Waals surface area contributed by atoms with E-state index in [4.69, 9.17) is 9.47 Å². The van der Waals surface area contributed by atoms with Crippen LogP contribution in [0.15, 0.2) is 67.3 Å². The van der Waals surface area contributed by atoms with Gasteiger partial charge in [-0.3, -0.25) is 9.59 Å². The van der Waals surface area contributed by atoms with Crippen LogP contribution in [0.3, 0.4) is 0 Å². The quantitative estimate of drug-likeness (QED) is 0.124. The molecule has 3 heterocycles. The summed E-state index contributed by atoms with van der Waals surface area (Å²) in [5.41, 5.74) is 5.85. The average molecular weight is 722 g/mol. The molecule has 10 nitrogen and oxygen atoms in total. The summed E-state index contributed by atoms with van der Waals surface area (Å²) in [7, 11) is 1.34. The fourth-order valence-corrected chi connectivity index (χ4v) is 8.20. The lowest BCUT2D eigenvalue weighted by atomic mass is 9.81. The van der Waals surface area contributed by atoms with E-state index >= 15 is 4.39 Å². The third-order valence-corrected chi connectivity index (χ3v) is 10.8. The number of halogens is 1. The molecule has 0 spiro atoms. The number of carbonyl (C=O) groups is 3. The van der Waals surface area contributed by atoms with Crippen LogP contribution in [0.1, 0.15) is 72.3 Å². The largest absolute Gasteiger partial charge is 0.489 e. The van der Waals surface area contributed by atoms with Gasteiger partial charge in [0.25, 0.3) is 0 Å². The summed E-state index contributed by atoms with van der Waals surface area (Å²) in [5, 5.41) is 7.15. The first kappa shape index (κ1) is 36.2. The van der Waals surface area contributed by atoms with Crippen LogP contribution in [0.5, 0.6) is 5.75 Å². The van der Waals surface area contributed by atoms with Crippen LogP contribution in [0.25, 0.3) is 22.2 Å². The third kappa shape index (κ3) is 7.67. The first-order valence-electron chi connectivity index (χ1n) is 18.8. The van der Waals surface area contributed by atoms with Gasteiger partial charge < -0.3 is 34.5 Å². The molecule has 2 saturated heterocycles. The number of piperazine rings is 1. The minimum atomic E-state index is -0.484. The molecular formula is C42H48FN5O5. The Morgan fingerprint density at radius 1 is 1.00 bits per heavy atom. The first-order chi connectivity index (χ1) is 25.9. The second-order valence-electron chi connectivity index (χ2n) is 14.1. The molecule has 3 fully saturated rings. The van der Waals surface area contributed by atoms with Crippen molar-refractivity contribution in [2.45, 2.75) is 64.0 Å². The Kier molecular flexibility index (Phi) is 11.1. The van der Waals surface area contributed by atoms with Gasteiger partial charge in [0.15, 0.2) is 0 Å². The van der Waals surface area contributed by atoms with Crippen LogP contribution in [0.2, 0.25) is 0 Å². The number of fused-ring (bicyclic) bond motifs is 1. The Balaban J connectivity index is 1.27. The Morgan fingerprint density at radius 2 is 1.81 bits per heavy atom. The molecule has 7 rings (SSSR count). The molecule has 53 heavy (non-hydrogen) atoms. The fraction of sp³-hybridized carbons (Fsp3) is 0.405. The van der Waals surface area contributed by atoms with Gasteiger partial charge in [-0.1, -0.05) is 31.4 Å². The summed E-state index contributed by atoms with van der Waals surface area (Å²) >= 11 is 0. The van der Waals surface area contributed by atoms with Crippen molar-refractivity contribution in [1.82, 2.24) is 15.2 Å². The second kappa shape index (κ2) is 16.2. The Hall–Kier alpha value is -5.16. The summed E-state index contributed by atoms with van der Waals surface area (Å²) in [6.45, 7) is 8.27. The van der Waals surface area contributed by atoms with Crippen molar-refractivity contribution < 1.29 is 28.2 Å². The number of benzene rings is 3. The van der Waals surface area contributed by atoms with Crippen LogP contribution in [0, 0.1) is 5.82 Å². The maximum absolute atomic E-state index is 16.7. The molecule has 1 saturated carbocycles. The van der Waals surface area contributed by atoms with Crippen LogP contribution in [0.4, 0.5) is 15.8 Å². The van der Waals surface area contributed by atoms with Crippen LogP contribution < -0.4 is 25.2 Å². The molecule has 3 aliphatic rings. The number of rotatable bonds is 12. The number of nitrogens with zero attached hydrogens (tertiary/aromatic N) is 3. The monoisotopic (exact) mass is 721 g/mol. The van der Waals surface area contributed by atoms with Crippen molar-refractivity contribution in [3.8, 4) is 17.0 Å². The predicted octanol–water partition coefficient (Wildman–Crippen LogP) is 6.70. The Morgan fingerprint density at radius 3 is 2.53 bits per heavy atom. The summed E-state index contributed by atoms with van der Waals surface area (Å²) in [6, 6.07) is 16.4. The fourth-order valence-electron chi connectivity index (χ4n) is 8.20. The molecule has 2 N–H and O–H groups in total. The summed E-state index contributed by atoms with van der Waals surface area (Å²) in [5.74, 6) is -0.548. The van der Waals surface area contributed by atoms with Crippen molar-refractivity contribution in [2.75, 3.05) is 56.2 Å². The average Bonchev–Trinajstić information content (AvgIpc) is 3.76. The normalized spacial score (nSPS) is 16.6. The number of carbonyl (C=O) groups excluding carboxylic acids is 3. The van der Waals surface area contributed by atoms with E-state index < -0.39 is 11.8 Å². The number of methoxy groups -OCH3 is 1. The first-order valence-corrected chi connectivity index (χ1v) is 18.8. The van der Waals surface area contributed by atoms with Gasteiger partial charge in [-0.15, -0.1) is 6.58 Å². The predicted molar refractivity (Wildman–Crippen MR) is 205 cm³/mol. The standard InChI is InChI=1S/C42H48FN5O5/c1-3-17-45-38(49)26-48-37-24-29(42(51)52-2)11-14-34(37)40(28-8-5-4-6-9-28)41(48)33-15-13-32(25-35(33)43)53-27-30-23-31(47-20-7-10-39(47)50)12-16-36(30)46-21-18-44-19-22-46/h3,11-16,23-25,28,44H,1,4-10,17-22,26-27H2,2H3,(H,45,49). The van der Waals surface area contributed by atoms with Gasteiger partial charge in [0, 0.05) is 79.6 Å². The Labute approximate surface area is 309 Å². The van der Waals surface area contributed by atoms with Gasteiger partial charge in [-0.2, -0.15) is 0 Å². The molecule has 1 aromatic heterocycles. The zero-order valence-electron chi connectivity index (χ0n) is 30.4. The molecule has 0 atom stereocenters.